The Labute approximate surface area is 118 Å². The molecule has 2 N–H and O–H groups in total. The van der Waals surface area contributed by atoms with E-state index in [0.29, 0.717) is 11.3 Å². The van der Waals surface area contributed by atoms with E-state index >= 15 is 0 Å². The molecule has 0 fully saturated rings. The zero-order valence-electron chi connectivity index (χ0n) is 10.9. The molecule has 0 saturated heterocycles. The number of pyridine rings is 1. The minimum atomic E-state index is -4.21. The Balaban J connectivity index is 1.98. The lowest BCUT2D eigenvalue weighted by Crippen LogP contribution is -2.16. The third-order valence-electron chi connectivity index (χ3n) is 2.71. The van der Waals surface area contributed by atoms with Crippen LogP contribution in [0.1, 0.15) is 17.7 Å². The molecule has 2 aromatic heterocycles. The van der Waals surface area contributed by atoms with Gasteiger partial charge in [-0.2, -0.15) is 13.2 Å². The van der Waals surface area contributed by atoms with Crippen LogP contribution < -0.4 is 10.9 Å². The van der Waals surface area contributed by atoms with Crippen LogP contribution >= 0.6 is 0 Å². The van der Waals surface area contributed by atoms with Crippen LogP contribution in [0.5, 0.6) is 0 Å². The summed E-state index contributed by atoms with van der Waals surface area (Å²) in [6.07, 6.45) is -2.44. The van der Waals surface area contributed by atoms with Crippen molar-refractivity contribution in [3.8, 4) is 0 Å². The Morgan fingerprint density at radius 1 is 1.29 bits per heavy atom. The molecule has 0 amide bonds. The number of aromatic amines is 1. The normalized spacial score (nSPS) is 11.4. The van der Waals surface area contributed by atoms with E-state index in [9.17, 15) is 18.0 Å². The summed E-state index contributed by atoms with van der Waals surface area (Å²) in [5.74, 6) is 0.193. The summed E-state index contributed by atoms with van der Waals surface area (Å²) in [5.41, 5.74) is 0.548. The van der Waals surface area contributed by atoms with Crippen molar-refractivity contribution in [1.82, 2.24) is 15.0 Å². The van der Waals surface area contributed by atoms with Crippen molar-refractivity contribution in [2.45, 2.75) is 25.6 Å². The fourth-order valence-corrected chi connectivity index (χ4v) is 1.66. The molecule has 8 heteroatoms. The highest BCUT2D eigenvalue weighted by atomic mass is 19.4. The van der Waals surface area contributed by atoms with Crippen LogP contribution in [-0.2, 0) is 13.0 Å². The Bertz CT molecular complexity index is 654. The molecular formula is C13H13F3N4O. The molecule has 0 spiro atoms. The van der Waals surface area contributed by atoms with Crippen LogP contribution in [0.15, 0.2) is 35.4 Å². The highest BCUT2D eigenvalue weighted by Gasteiger charge is 2.26. The van der Waals surface area contributed by atoms with Crippen LogP contribution in [0.2, 0.25) is 0 Å². The summed E-state index contributed by atoms with van der Waals surface area (Å²) in [7, 11) is 0. The second kappa shape index (κ2) is 6.38. The lowest BCUT2D eigenvalue weighted by atomic mass is 10.2. The van der Waals surface area contributed by atoms with Crippen molar-refractivity contribution in [3.05, 3.63) is 52.2 Å². The predicted octanol–water partition coefficient (Wildman–Crippen LogP) is 2.27. The number of anilines is 1. The van der Waals surface area contributed by atoms with Crippen molar-refractivity contribution in [3.63, 3.8) is 0 Å². The fraction of sp³-hybridized carbons (Fsp3) is 0.308. The van der Waals surface area contributed by atoms with E-state index < -0.39 is 12.6 Å². The summed E-state index contributed by atoms with van der Waals surface area (Å²) < 4.78 is 36.5. The second-order valence-corrected chi connectivity index (χ2v) is 4.36. The molecule has 2 rings (SSSR count). The SMILES string of the molecule is O=c1[nH]cccc1CNc1nccc(CCC(F)(F)F)n1. The summed E-state index contributed by atoms with van der Waals surface area (Å²) in [4.78, 5) is 21.9. The molecule has 0 bridgehead atoms. The van der Waals surface area contributed by atoms with Gasteiger partial charge < -0.3 is 10.3 Å². The summed E-state index contributed by atoms with van der Waals surface area (Å²) in [6.45, 7) is 0.193. The molecule has 0 atom stereocenters. The van der Waals surface area contributed by atoms with Crippen LogP contribution in [0.25, 0.3) is 0 Å². The maximum atomic E-state index is 12.2. The van der Waals surface area contributed by atoms with Crippen molar-refractivity contribution in [1.29, 1.82) is 0 Å². The number of alkyl halides is 3. The lowest BCUT2D eigenvalue weighted by molar-refractivity contribution is -0.134. The van der Waals surface area contributed by atoms with Gasteiger partial charge in [-0.05, 0) is 18.6 Å². The van der Waals surface area contributed by atoms with Crippen molar-refractivity contribution >= 4 is 5.95 Å². The fourth-order valence-electron chi connectivity index (χ4n) is 1.66. The lowest BCUT2D eigenvalue weighted by Gasteiger charge is -2.07. The largest absolute Gasteiger partial charge is 0.389 e. The number of nitrogens with zero attached hydrogens (tertiary/aromatic N) is 2. The third kappa shape index (κ3) is 4.90. The van der Waals surface area contributed by atoms with Gasteiger partial charge in [-0.1, -0.05) is 6.07 Å². The molecule has 21 heavy (non-hydrogen) atoms. The van der Waals surface area contributed by atoms with Gasteiger partial charge in [0.05, 0.1) is 0 Å². The number of hydrogen-bond acceptors (Lipinski definition) is 4. The van der Waals surface area contributed by atoms with E-state index in [2.05, 4.69) is 20.3 Å². The van der Waals surface area contributed by atoms with E-state index in [1.165, 1.54) is 18.5 Å². The van der Waals surface area contributed by atoms with E-state index in [1.807, 2.05) is 0 Å². The van der Waals surface area contributed by atoms with E-state index in [4.69, 9.17) is 0 Å². The summed E-state index contributed by atoms with van der Waals surface area (Å²) in [6, 6.07) is 4.75. The quantitative estimate of drug-likeness (QED) is 0.888. The molecule has 0 aromatic carbocycles. The van der Waals surface area contributed by atoms with Gasteiger partial charge in [0, 0.05) is 36.6 Å². The standard InChI is InChI=1S/C13H13F3N4O/c14-13(15,16)5-3-10-4-7-18-12(20-10)19-8-9-2-1-6-17-11(9)21/h1-2,4,6-7H,3,5,8H2,(H,17,21)(H,18,19,20). The Morgan fingerprint density at radius 3 is 2.81 bits per heavy atom. The number of halogens is 3. The molecule has 0 aliphatic heterocycles. The topological polar surface area (TPSA) is 70.7 Å². The second-order valence-electron chi connectivity index (χ2n) is 4.36. The highest BCUT2D eigenvalue weighted by molar-refractivity contribution is 5.27. The van der Waals surface area contributed by atoms with Gasteiger partial charge in [0.15, 0.2) is 0 Å². The van der Waals surface area contributed by atoms with Crippen LogP contribution in [0, 0.1) is 0 Å². The van der Waals surface area contributed by atoms with Crippen molar-refractivity contribution in [2.24, 2.45) is 0 Å². The van der Waals surface area contributed by atoms with Gasteiger partial charge in [-0.25, -0.2) is 9.97 Å². The number of nitrogens with one attached hydrogen (secondary N) is 2. The van der Waals surface area contributed by atoms with Gasteiger partial charge in [-0.3, -0.25) is 4.79 Å². The maximum Gasteiger partial charge on any atom is 0.389 e. The minimum Gasteiger partial charge on any atom is -0.350 e. The molecule has 0 aliphatic rings. The van der Waals surface area contributed by atoms with E-state index in [1.54, 1.807) is 12.1 Å². The first-order chi connectivity index (χ1) is 9.94. The van der Waals surface area contributed by atoms with Crippen LogP contribution in [0.3, 0.4) is 0 Å². The molecule has 0 unspecified atom stereocenters. The van der Waals surface area contributed by atoms with Crippen molar-refractivity contribution in [2.75, 3.05) is 5.32 Å². The first-order valence-corrected chi connectivity index (χ1v) is 6.23. The molecule has 0 radical (unpaired) electrons. The third-order valence-corrected chi connectivity index (χ3v) is 2.71. The average Bonchev–Trinajstić information content (AvgIpc) is 2.44. The molecule has 5 nitrogen and oxygen atoms in total. The van der Waals surface area contributed by atoms with E-state index in [-0.39, 0.29) is 24.5 Å². The highest BCUT2D eigenvalue weighted by Crippen LogP contribution is 2.21. The molecular weight excluding hydrogens is 285 g/mol. The Morgan fingerprint density at radius 2 is 2.10 bits per heavy atom. The van der Waals surface area contributed by atoms with E-state index in [0.717, 1.165) is 0 Å². The minimum absolute atomic E-state index is 0.193. The summed E-state index contributed by atoms with van der Waals surface area (Å²) in [5, 5.41) is 2.82. The average molecular weight is 298 g/mol. The van der Waals surface area contributed by atoms with Gasteiger partial charge in [0.25, 0.3) is 5.56 Å². The monoisotopic (exact) mass is 298 g/mol. The molecule has 0 aliphatic carbocycles. The van der Waals surface area contributed by atoms with Gasteiger partial charge in [0.2, 0.25) is 5.95 Å². The smallest absolute Gasteiger partial charge is 0.350 e. The van der Waals surface area contributed by atoms with Gasteiger partial charge >= 0.3 is 6.18 Å². The van der Waals surface area contributed by atoms with Gasteiger partial charge in [-0.15, -0.1) is 0 Å². The number of rotatable bonds is 5. The first-order valence-electron chi connectivity index (χ1n) is 6.23. The Hall–Kier alpha value is -2.38. The Kier molecular flexibility index (Phi) is 4.56. The molecule has 112 valence electrons. The number of hydrogen-bond donors (Lipinski definition) is 2. The zero-order valence-corrected chi connectivity index (χ0v) is 10.9. The van der Waals surface area contributed by atoms with Gasteiger partial charge in [0.1, 0.15) is 0 Å². The number of aromatic nitrogens is 3. The number of aryl methyl sites for hydroxylation is 1. The first kappa shape index (κ1) is 15.0. The number of H-pyrrole nitrogens is 1. The van der Waals surface area contributed by atoms with Crippen LogP contribution in [-0.4, -0.2) is 21.1 Å². The zero-order chi connectivity index (χ0) is 15.3. The molecule has 0 saturated carbocycles. The predicted molar refractivity (Wildman–Crippen MR) is 70.8 cm³/mol. The molecule has 2 heterocycles. The summed E-state index contributed by atoms with van der Waals surface area (Å²) >= 11 is 0. The maximum absolute atomic E-state index is 12.2. The van der Waals surface area contributed by atoms with Crippen molar-refractivity contribution < 1.29 is 13.2 Å². The molecule has 2 aromatic rings. The van der Waals surface area contributed by atoms with Crippen LogP contribution in [0.4, 0.5) is 19.1 Å².